The third-order valence-electron chi connectivity index (χ3n) is 5.93. The van der Waals surface area contributed by atoms with E-state index in [1.54, 1.807) is 18.2 Å². The maximum Gasteiger partial charge on any atom is 0.274 e. The van der Waals surface area contributed by atoms with Crippen molar-refractivity contribution in [2.45, 2.75) is 13.1 Å². The second kappa shape index (κ2) is 11.7. The monoisotopic (exact) mass is 501 g/mol. The van der Waals surface area contributed by atoms with Crippen molar-refractivity contribution in [2.24, 2.45) is 0 Å². The van der Waals surface area contributed by atoms with E-state index >= 15 is 0 Å². The number of amides is 2. The number of carbonyl (C=O) groups excluding carboxylic acids is 2. The van der Waals surface area contributed by atoms with Crippen LogP contribution in [0, 0.1) is 0 Å². The topological polar surface area (TPSA) is 78.9 Å². The molecule has 0 aliphatic rings. The van der Waals surface area contributed by atoms with Crippen molar-refractivity contribution in [1.82, 2.24) is 4.98 Å². The van der Waals surface area contributed by atoms with Crippen LogP contribution in [0.15, 0.2) is 128 Å². The lowest BCUT2D eigenvalue weighted by molar-refractivity contribution is -0.688. The Morgan fingerprint density at radius 1 is 0.526 bits per heavy atom. The summed E-state index contributed by atoms with van der Waals surface area (Å²) >= 11 is 0. The molecule has 0 atom stereocenters. The summed E-state index contributed by atoms with van der Waals surface area (Å²) in [6, 6.07) is 32.4. The first-order chi connectivity index (χ1) is 18.6. The molecule has 0 saturated heterocycles. The molecule has 0 bridgehead atoms. The zero-order valence-electron chi connectivity index (χ0n) is 20.7. The van der Waals surface area contributed by atoms with Gasteiger partial charge in [-0.3, -0.25) is 9.59 Å². The van der Waals surface area contributed by atoms with E-state index in [-0.39, 0.29) is 23.2 Å². The Balaban J connectivity index is 1.18. The second-order valence-electron chi connectivity index (χ2n) is 8.81. The molecule has 0 saturated carbocycles. The van der Waals surface area contributed by atoms with Gasteiger partial charge in [-0.25, -0.2) is 14.1 Å². The normalized spacial score (nSPS) is 10.5. The van der Waals surface area contributed by atoms with E-state index in [1.807, 2.05) is 94.6 Å². The van der Waals surface area contributed by atoms with Gasteiger partial charge < -0.3 is 10.6 Å². The van der Waals surface area contributed by atoms with Gasteiger partial charge in [-0.2, -0.15) is 0 Å². The molecule has 0 fully saturated rings. The first-order valence-electron chi connectivity index (χ1n) is 12.3. The highest BCUT2D eigenvalue weighted by molar-refractivity contribution is 6.06. The van der Waals surface area contributed by atoms with Crippen LogP contribution < -0.4 is 19.8 Å². The van der Waals surface area contributed by atoms with Gasteiger partial charge in [0, 0.05) is 35.4 Å². The van der Waals surface area contributed by atoms with Crippen molar-refractivity contribution in [3.63, 3.8) is 0 Å². The van der Waals surface area contributed by atoms with Gasteiger partial charge in [-0.05, 0) is 12.1 Å². The molecule has 3 heterocycles. The van der Waals surface area contributed by atoms with E-state index in [0.717, 1.165) is 13.1 Å². The molecule has 186 valence electrons. The van der Waals surface area contributed by atoms with Crippen molar-refractivity contribution in [3.8, 4) is 0 Å². The fourth-order valence-electron chi connectivity index (χ4n) is 3.96. The molecule has 2 aromatic carbocycles. The minimum absolute atomic E-state index is 0.160. The van der Waals surface area contributed by atoms with Crippen LogP contribution in [-0.4, -0.2) is 16.8 Å². The Kier molecular flexibility index (Phi) is 7.56. The summed E-state index contributed by atoms with van der Waals surface area (Å²) in [5.41, 5.74) is 3.99. The molecule has 2 amide bonds. The molecule has 3 aromatic heterocycles. The fraction of sp³-hybridized carbons (Fsp3) is 0.0645. The molecule has 0 unspecified atom stereocenters. The van der Waals surface area contributed by atoms with Crippen LogP contribution in [-0.2, 0) is 13.1 Å². The Hall–Kier alpha value is -5.17. The van der Waals surface area contributed by atoms with E-state index in [9.17, 15) is 9.59 Å². The maximum atomic E-state index is 12.8. The zero-order valence-corrected chi connectivity index (χ0v) is 20.7. The number of carbonyl (C=O) groups is 2. The Morgan fingerprint density at radius 2 is 0.921 bits per heavy atom. The van der Waals surface area contributed by atoms with E-state index in [0.29, 0.717) is 11.4 Å². The summed E-state index contributed by atoms with van der Waals surface area (Å²) in [7, 11) is 0. The minimum atomic E-state index is -0.387. The minimum Gasteiger partial charge on any atom is -0.320 e. The van der Waals surface area contributed by atoms with E-state index in [2.05, 4.69) is 39.9 Å². The van der Waals surface area contributed by atoms with Crippen LogP contribution in [0.25, 0.3) is 0 Å². The number of aromatic nitrogens is 3. The molecule has 0 aliphatic heterocycles. The van der Waals surface area contributed by atoms with E-state index in [1.165, 1.54) is 11.1 Å². The average Bonchev–Trinajstić information content (AvgIpc) is 2.96. The van der Waals surface area contributed by atoms with Gasteiger partial charge in [0.2, 0.25) is 0 Å². The summed E-state index contributed by atoms with van der Waals surface area (Å²) in [6.45, 7) is 1.48. The molecule has 0 radical (unpaired) electrons. The lowest BCUT2D eigenvalue weighted by Gasteiger charge is -2.07. The van der Waals surface area contributed by atoms with Crippen molar-refractivity contribution in [1.29, 1.82) is 0 Å². The van der Waals surface area contributed by atoms with Crippen LogP contribution >= 0.6 is 0 Å². The molecular weight excluding hydrogens is 474 g/mol. The predicted molar refractivity (Wildman–Crippen MR) is 145 cm³/mol. The van der Waals surface area contributed by atoms with Gasteiger partial charge in [-0.15, -0.1) is 0 Å². The number of rotatable bonds is 8. The quantitative estimate of drug-likeness (QED) is 0.312. The number of pyridine rings is 3. The van der Waals surface area contributed by atoms with Gasteiger partial charge in [0.25, 0.3) is 11.8 Å². The van der Waals surface area contributed by atoms with Crippen LogP contribution in [0.2, 0.25) is 0 Å². The summed E-state index contributed by atoms with van der Waals surface area (Å²) in [5, 5.41) is 5.68. The third kappa shape index (κ3) is 6.53. The second-order valence-corrected chi connectivity index (χ2v) is 8.81. The number of nitrogens with one attached hydrogen (secondary N) is 2. The van der Waals surface area contributed by atoms with Gasteiger partial charge in [0.05, 0.1) is 11.4 Å². The average molecular weight is 502 g/mol. The highest BCUT2D eigenvalue weighted by Gasteiger charge is 2.14. The van der Waals surface area contributed by atoms with Crippen molar-refractivity contribution >= 4 is 23.2 Å². The molecule has 5 aromatic rings. The van der Waals surface area contributed by atoms with Crippen molar-refractivity contribution in [2.75, 3.05) is 10.6 Å². The number of anilines is 2. The van der Waals surface area contributed by atoms with E-state index in [4.69, 9.17) is 0 Å². The fourth-order valence-corrected chi connectivity index (χ4v) is 3.96. The SMILES string of the molecule is O=C(Nc1cc[n+](Cc2ccccc2)cc1)c1cccc(C(=O)Nc2cc[n+](Cc3ccccc3)cc2)n1. The Morgan fingerprint density at radius 3 is 1.32 bits per heavy atom. The number of hydrogen-bond acceptors (Lipinski definition) is 3. The molecule has 5 rings (SSSR count). The highest BCUT2D eigenvalue weighted by atomic mass is 16.2. The van der Waals surface area contributed by atoms with Gasteiger partial charge in [0.15, 0.2) is 37.9 Å². The van der Waals surface area contributed by atoms with Crippen LogP contribution in [0.4, 0.5) is 11.4 Å². The lowest BCUT2D eigenvalue weighted by Crippen LogP contribution is -2.33. The number of hydrogen-bond donors (Lipinski definition) is 2. The van der Waals surface area contributed by atoms with E-state index < -0.39 is 0 Å². The third-order valence-corrected chi connectivity index (χ3v) is 5.93. The van der Waals surface area contributed by atoms with Gasteiger partial charge >= 0.3 is 0 Å². The number of benzene rings is 2. The molecular formula is C31H27N5O2+2. The largest absolute Gasteiger partial charge is 0.320 e. The zero-order chi connectivity index (χ0) is 26.2. The Labute approximate surface area is 221 Å². The predicted octanol–water partition coefficient (Wildman–Crippen LogP) is 4.26. The standard InChI is InChI=1S/C31H25N5O2/c37-30(32-26-14-18-35(19-15-26)22-24-8-3-1-4-9-24)28-12-7-13-29(34-28)31(38)33-27-16-20-36(21-17-27)23-25-10-5-2-6-11-25/h1-21H,22-23H2/p+2. The Bertz CT molecular complexity index is 1410. The molecule has 7 nitrogen and oxygen atoms in total. The smallest absolute Gasteiger partial charge is 0.274 e. The molecule has 7 heteroatoms. The van der Waals surface area contributed by atoms with Crippen molar-refractivity contribution in [3.05, 3.63) is 150 Å². The van der Waals surface area contributed by atoms with Gasteiger partial charge in [0.1, 0.15) is 11.4 Å². The summed E-state index contributed by atoms with van der Waals surface area (Å²) in [4.78, 5) is 29.9. The lowest BCUT2D eigenvalue weighted by atomic mass is 10.2. The van der Waals surface area contributed by atoms with Crippen LogP contribution in [0.1, 0.15) is 32.1 Å². The number of nitrogens with zero attached hydrogens (tertiary/aromatic N) is 3. The summed E-state index contributed by atoms with van der Waals surface area (Å²) in [6.07, 6.45) is 7.62. The van der Waals surface area contributed by atoms with Crippen molar-refractivity contribution < 1.29 is 18.7 Å². The summed E-state index contributed by atoms with van der Waals surface area (Å²) in [5.74, 6) is -0.774. The van der Waals surface area contributed by atoms with Gasteiger partial charge in [-0.1, -0.05) is 66.7 Å². The first kappa shape index (κ1) is 24.5. The first-order valence-corrected chi connectivity index (χ1v) is 12.3. The van der Waals surface area contributed by atoms with Crippen LogP contribution in [0.5, 0.6) is 0 Å². The summed E-state index contributed by atoms with van der Waals surface area (Å²) < 4.78 is 4.06. The molecule has 2 N–H and O–H groups in total. The maximum absolute atomic E-state index is 12.8. The molecule has 38 heavy (non-hydrogen) atoms. The highest BCUT2D eigenvalue weighted by Crippen LogP contribution is 2.10. The van der Waals surface area contributed by atoms with Crippen LogP contribution in [0.3, 0.4) is 0 Å². The molecule has 0 spiro atoms. The molecule has 0 aliphatic carbocycles.